The van der Waals surface area contributed by atoms with Gasteiger partial charge in [0.05, 0.1) is 11.7 Å². The summed E-state index contributed by atoms with van der Waals surface area (Å²) in [6, 6.07) is 0. The Kier molecular flexibility index (Phi) is 6.24. The van der Waals surface area contributed by atoms with Crippen LogP contribution in [0.2, 0.25) is 0 Å². The molecule has 13 heavy (non-hydrogen) atoms. The predicted octanol–water partition coefficient (Wildman–Crippen LogP) is -0.683. The van der Waals surface area contributed by atoms with Crippen molar-refractivity contribution in [3.8, 4) is 0 Å². The van der Waals surface area contributed by atoms with Crippen molar-refractivity contribution in [3.63, 3.8) is 0 Å². The van der Waals surface area contributed by atoms with Gasteiger partial charge >= 0.3 is 0 Å². The van der Waals surface area contributed by atoms with Crippen LogP contribution in [-0.2, 0) is 0 Å². The third-order valence-electron chi connectivity index (χ3n) is 1.77. The highest BCUT2D eigenvalue weighted by molar-refractivity contribution is 4.87. The monoisotopic (exact) mass is 190 g/mol. The maximum absolute atomic E-state index is 8.85. The summed E-state index contributed by atoms with van der Waals surface area (Å²) < 4.78 is 0. The molecular weight excluding hydrogens is 168 g/mol. The third-order valence-corrected chi connectivity index (χ3v) is 1.77. The molecular formula is C9H22N2O2. The Bertz CT molecular complexity index is 119. The minimum Gasteiger partial charge on any atom is -0.390 e. The lowest BCUT2D eigenvalue weighted by molar-refractivity contribution is 0.00878. The predicted molar refractivity (Wildman–Crippen MR) is 53.7 cm³/mol. The summed E-state index contributed by atoms with van der Waals surface area (Å²) in [5.74, 6) is 0. The Balaban J connectivity index is 0.000000189. The van der Waals surface area contributed by atoms with E-state index in [0.717, 1.165) is 26.2 Å². The molecule has 0 radical (unpaired) electrons. The summed E-state index contributed by atoms with van der Waals surface area (Å²) in [5.41, 5.74) is -0.389. The molecule has 2 saturated heterocycles. The van der Waals surface area contributed by atoms with Crippen LogP contribution in [0.25, 0.3) is 0 Å². The number of hydrogen-bond donors (Lipinski definition) is 4. The fourth-order valence-electron chi connectivity index (χ4n) is 0.760. The maximum atomic E-state index is 8.85. The Labute approximate surface area is 80.3 Å². The van der Waals surface area contributed by atoms with Crippen LogP contribution in [0.15, 0.2) is 0 Å². The van der Waals surface area contributed by atoms with Gasteiger partial charge in [0.25, 0.3) is 0 Å². The second-order valence-electron chi connectivity index (χ2n) is 3.41. The highest BCUT2D eigenvalue weighted by Crippen LogP contribution is 2.05. The first kappa shape index (κ1) is 12.8. The Morgan fingerprint density at radius 1 is 1.15 bits per heavy atom. The van der Waals surface area contributed by atoms with Crippen LogP contribution in [0, 0.1) is 0 Å². The highest BCUT2D eigenvalue weighted by Gasteiger charge is 2.27. The molecule has 0 saturated carbocycles. The first-order valence-corrected chi connectivity index (χ1v) is 4.92. The zero-order valence-corrected chi connectivity index (χ0v) is 8.80. The Morgan fingerprint density at radius 2 is 1.46 bits per heavy atom. The molecule has 80 valence electrons. The molecule has 0 aromatic heterocycles. The third kappa shape index (κ3) is 5.99. The molecule has 2 rings (SSSR count). The van der Waals surface area contributed by atoms with Gasteiger partial charge in [-0.25, -0.2) is 0 Å². The van der Waals surface area contributed by atoms with Crippen LogP contribution < -0.4 is 10.6 Å². The first-order valence-electron chi connectivity index (χ1n) is 4.92. The van der Waals surface area contributed by atoms with Crippen molar-refractivity contribution in [3.05, 3.63) is 0 Å². The first-order chi connectivity index (χ1) is 6.10. The number of aliphatic hydroxyl groups is 2. The molecule has 0 bridgehead atoms. The van der Waals surface area contributed by atoms with Gasteiger partial charge in [0.2, 0.25) is 0 Å². The van der Waals surface area contributed by atoms with Crippen molar-refractivity contribution < 1.29 is 10.2 Å². The van der Waals surface area contributed by atoms with E-state index in [9.17, 15) is 0 Å². The van der Waals surface area contributed by atoms with Crippen LogP contribution in [0.3, 0.4) is 0 Å². The normalized spacial score (nSPS) is 23.8. The number of hydrogen-bond acceptors (Lipinski definition) is 4. The van der Waals surface area contributed by atoms with Gasteiger partial charge in [-0.15, -0.1) is 0 Å². The standard InChI is InChI=1S/C4H9NO.C3H7NO.C2H6/c1-4(6)2-5-3-4;5-3-1-4-2-3;1-2/h5-6H,2-3H2,1H3;3-5H,1-2H2;1-2H3. The van der Waals surface area contributed by atoms with Crippen LogP contribution in [-0.4, -0.2) is 48.1 Å². The van der Waals surface area contributed by atoms with E-state index in [2.05, 4.69) is 10.6 Å². The molecule has 4 heteroatoms. The molecule has 0 spiro atoms. The SMILES string of the molecule is CC.CC1(O)CNC1.OC1CNC1. The summed E-state index contributed by atoms with van der Waals surface area (Å²) in [7, 11) is 0. The number of nitrogens with one attached hydrogen (secondary N) is 2. The fourth-order valence-corrected chi connectivity index (χ4v) is 0.760. The minimum absolute atomic E-state index is 0.0463. The molecule has 4 nitrogen and oxygen atoms in total. The van der Waals surface area contributed by atoms with Crippen molar-refractivity contribution >= 4 is 0 Å². The molecule has 2 aliphatic rings. The molecule has 0 unspecified atom stereocenters. The van der Waals surface area contributed by atoms with Crippen molar-refractivity contribution in [1.29, 1.82) is 0 Å². The van der Waals surface area contributed by atoms with E-state index in [1.807, 2.05) is 20.8 Å². The lowest BCUT2D eigenvalue weighted by Gasteiger charge is -2.33. The summed E-state index contributed by atoms with van der Waals surface area (Å²) >= 11 is 0. The van der Waals surface area contributed by atoms with Crippen molar-refractivity contribution in [1.82, 2.24) is 10.6 Å². The van der Waals surface area contributed by atoms with Gasteiger partial charge < -0.3 is 20.8 Å². The largest absolute Gasteiger partial charge is 0.390 e. The topological polar surface area (TPSA) is 64.5 Å². The molecule has 0 aromatic rings. The van der Waals surface area contributed by atoms with Gasteiger partial charge in [-0.3, -0.25) is 0 Å². The summed E-state index contributed by atoms with van der Waals surface area (Å²) in [5, 5.41) is 23.1. The van der Waals surface area contributed by atoms with E-state index in [1.165, 1.54) is 0 Å². The molecule has 2 heterocycles. The van der Waals surface area contributed by atoms with Crippen molar-refractivity contribution in [2.24, 2.45) is 0 Å². The maximum Gasteiger partial charge on any atom is 0.0867 e. The van der Waals surface area contributed by atoms with Crippen LogP contribution in [0.4, 0.5) is 0 Å². The Hall–Kier alpha value is -0.160. The van der Waals surface area contributed by atoms with Gasteiger partial charge in [-0.2, -0.15) is 0 Å². The molecule has 2 aliphatic heterocycles. The van der Waals surface area contributed by atoms with Crippen molar-refractivity contribution in [2.45, 2.75) is 32.5 Å². The van der Waals surface area contributed by atoms with E-state index in [1.54, 1.807) is 0 Å². The van der Waals surface area contributed by atoms with Gasteiger partial charge in [0, 0.05) is 26.2 Å². The quantitative estimate of drug-likeness (QED) is 0.408. The average Bonchev–Trinajstić information content (AvgIpc) is 2.03. The molecule has 0 atom stereocenters. The molecule has 0 aliphatic carbocycles. The summed E-state index contributed by atoms with van der Waals surface area (Å²) in [6.07, 6.45) is -0.0463. The van der Waals surface area contributed by atoms with Crippen LogP contribution in [0.5, 0.6) is 0 Å². The Morgan fingerprint density at radius 3 is 1.46 bits per heavy atom. The lowest BCUT2D eigenvalue weighted by atomic mass is 10.0. The average molecular weight is 190 g/mol. The van der Waals surface area contributed by atoms with Gasteiger partial charge in [-0.1, -0.05) is 13.8 Å². The van der Waals surface area contributed by atoms with Gasteiger partial charge in [-0.05, 0) is 6.92 Å². The smallest absolute Gasteiger partial charge is 0.0867 e. The van der Waals surface area contributed by atoms with Gasteiger partial charge in [0.15, 0.2) is 0 Å². The van der Waals surface area contributed by atoms with E-state index in [4.69, 9.17) is 10.2 Å². The van der Waals surface area contributed by atoms with Crippen LogP contribution in [0.1, 0.15) is 20.8 Å². The highest BCUT2D eigenvalue weighted by atomic mass is 16.3. The lowest BCUT2D eigenvalue weighted by Crippen LogP contribution is -2.57. The van der Waals surface area contributed by atoms with Crippen molar-refractivity contribution in [2.75, 3.05) is 26.2 Å². The fraction of sp³-hybridized carbons (Fsp3) is 1.00. The number of rotatable bonds is 0. The second-order valence-corrected chi connectivity index (χ2v) is 3.41. The van der Waals surface area contributed by atoms with Gasteiger partial charge in [0.1, 0.15) is 0 Å². The zero-order chi connectivity index (χ0) is 10.3. The molecule has 0 aromatic carbocycles. The number of aliphatic hydroxyl groups excluding tert-OH is 1. The number of β-amino-alcohol motifs (C(OH)–C–C–N with tert-alkyl or cyclic N) is 2. The minimum atomic E-state index is -0.389. The summed E-state index contributed by atoms with van der Waals surface area (Å²) in [6.45, 7) is 8.92. The summed E-state index contributed by atoms with van der Waals surface area (Å²) in [4.78, 5) is 0. The van der Waals surface area contributed by atoms with E-state index < -0.39 is 0 Å². The molecule has 0 amide bonds. The second kappa shape index (κ2) is 6.32. The zero-order valence-electron chi connectivity index (χ0n) is 8.80. The van der Waals surface area contributed by atoms with E-state index in [0.29, 0.717) is 0 Å². The molecule has 4 N–H and O–H groups in total. The van der Waals surface area contributed by atoms with Crippen LogP contribution >= 0.6 is 0 Å². The van der Waals surface area contributed by atoms with E-state index in [-0.39, 0.29) is 11.7 Å². The van der Waals surface area contributed by atoms with E-state index >= 15 is 0 Å². The molecule has 2 fully saturated rings.